The van der Waals surface area contributed by atoms with Crippen molar-refractivity contribution in [3.63, 3.8) is 0 Å². The molecule has 0 atom stereocenters. The summed E-state index contributed by atoms with van der Waals surface area (Å²) in [5, 5.41) is 18.0. The highest BCUT2D eigenvalue weighted by Crippen LogP contribution is 2.30. The first-order chi connectivity index (χ1) is 7.51. The van der Waals surface area contributed by atoms with Crippen LogP contribution in [0.5, 0.6) is 0 Å². The molecule has 0 heterocycles. The van der Waals surface area contributed by atoms with Crippen molar-refractivity contribution in [2.45, 2.75) is 45.4 Å². The van der Waals surface area contributed by atoms with Gasteiger partial charge in [0.1, 0.15) is 0 Å². The Hall–Kier alpha value is -1.50. The summed E-state index contributed by atoms with van der Waals surface area (Å²) >= 11 is 0. The number of hydrogen-bond donors (Lipinski definition) is 2. The molecule has 90 valence electrons. The molecule has 0 unspecified atom stereocenters. The van der Waals surface area contributed by atoms with Gasteiger partial charge in [-0.1, -0.05) is 32.6 Å². The fourth-order valence-electron chi connectivity index (χ4n) is 1.57. The molecule has 4 heteroatoms. The third-order valence-corrected chi connectivity index (χ3v) is 2.68. The van der Waals surface area contributed by atoms with E-state index >= 15 is 0 Å². The zero-order chi connectivity index (χ0) is 12.6. The lowest BCUT2D eigenvalue weighted by molar-refractivity contribution is -0.165. The fourth-order valence-corrected chi connectivity index (χ4v) is 1.57. The third-order valence-electron chi connectivity index (χ3n) is 2.68. The monoisotopic (exact) mass is 226 g/mol. The molecule has 0 amide bonds. The van der Waals surface area contributed by atoms with Gasteiger partial charge < -0.3 is 10.2 Å². The van der Waals surface area contributed by atoms with Crippen LogP contribution in [0.25, 0.3) is 0 Å². The minimum Gasteiger partial charge on any atom is -0.480 e. The van der Waals surface area contributed by atoms with Crippen LogP contribution in [0.3, 0.4) is 0 Å². The molecule has 0 aromatic rings. The van der Waals surface area contributed by atoms with Crippen LogP contribution in [-0.4, -0.2) is 22.2 Å². The van der Waals surface area contributed by atoms with E-state index in [0.29, 0.717) is 6.42 Å². The van der Waals surface area contributed by atoms with Crippen LogP contribution in [0.2, 0.25) is 0 Å². The summed E-state index contributed by atoms with van der Waals surface area (Å²) in [5.41, 5.74) is -1.80. The summed E-state index contributed by atoms with van der Waals surface area (Å²) in [7, 11) is 0. The number of carboxylic acid groups (broad SMARTS) is 2. The maximum atomic E-state index is 11.0. The SMILES string of the molecule is C#CCC(CCCCCC)(C(=O)O)C(=O)O. The van der Waals surface area contributed by atoms with Gasteiger partial charge in [-0.3, -0.25) is 9.59 Å². The summed E-state index contributed by atoms with van der Waals surface area (Å²) in [6, 6.07) is 0. The second-order valence-corrected chi connectivity index (χ2v) is 3.88. The lowest BCUT2D eigenvalue weighted by Crippen LogP contribution is -2.39. The molecule has 0 aromatic heterocycles. The molecular formula is C12H18O4. The Kier molecular flexibility index (Phi) is 6.24. The molecule has 0 saturated carbocycles. The molecule has 16 heavy (non-hydrogen) atoms. The van der Waals surface area contributed by atoms with Crippen LogP contribution >= 0.6 is 0 Å². The van der Waals surface area contributed by atoms with Crippen LogP contribution in [0.15, 0.2) is 0 Å². The van der Waals surface area contributed by atoms with Crippen molar-refractivity contribution in [3.05, 3.63) is 0 Å². The number of rotatable bonds is 8. The molecule has 0 aliphatic rings. The van der Waals surface area contributed by atoms with Crippen molar-refractivity contribution in [2.24, 2.45) is 5.41 Å². The first-order valence-electron chi connectivity index (χ1n) is 5.41. The topological polar surface area (TPSA) is 74.6 Å². The normalized spacial score (nSPS) is 10.8. The number of terminal acetylenes is 1. The van der Waals surface area contributed by atoms with Gasteiger partial charge in [0.2, 0.25) is 0 Å². The van der Waals surface area contributed by atoms with Crippen molar-refractivity contribution >= 4 is 11.9 Å². The van der Waals surface area contributed by atoms with E-state index in [9.17, 15) is 9.59 Å². The highest BCUT2D eigenvalue weighted by Gasteiger charge is 2.45. The van der Waals surface area contributed by atoms with Gasteiger partial charge in [0.05, 0.1) is 0 Å². The number of carboxylic acids is 2. The average molecular weight is 226 g/mol. The second-order valence-electron chi connectivity index (χ2n) is 3.88. The quantitative estimate of drug-likeness (QED) is 0.378. The van der Waals surface area contributed by atoms with Gasteiger partial charge in [-0.2, -0.15) is 0 Å². The molecule has 0 radical (unpaired) electrons. The van der Waals surface area contributed by atoms with Crippen LogP contribution in [0.1, 0.15) is 45.4 Å². The lowest BCUT2D eigenvalue weighted by atomic mass is 9.79. The number of hydrogen-bond acceptors (Lipinski definition) is 2. The first kappa shape index (κ1) is 14.5. The predicted molar refractivity (Wildman–Crippen MR) is 59.9 cm³/mol. The molecule has 0 aliphatic heterocycles. The van der Waals surface area contributed by atoms with Crippen molar-refractivity contribution in [2.75, 3.05) is 0 Å². The van der Waals surface area contributed by atoms with E-state index in [0.717, 1.165) is 19.3 Å². The smallest absolute Gasteiger partial charge is 0.322 e. The molecule has 0 bridgehead atoms. The molecule has 0 aliphatic carbocycles. The van der Waals surface area contributed by atoms with E-state index in [4.69, 9.17) is 16.6 Å². The third kappa shape index (κ3) is 3.58. The highest BCUT2D eigenvalue weighted by molar-refractivity contribution is 5.98. The maximum Gasteiger partial charge on any atom is 0.322 e. The van der Waals surface area contributed by atoms with Gasteiger partial charge in [0.25, 0.3) is 0 Å². The lowest BCUT2D eigenvalue weighted by Gasteiger charge is -2.22. The van der Waals surface area contributed by atoms with E-state index in [1.807, 2.05) is 6.92 Å². The largest absolute Gasteiger partial charge is 0.480 e. The predicted octanol–water partition coefficient (Wildman–Crippen LogP) is 2.14. The van der Waals surface area contributed by atoms with Crippen LogP contribution in [0.4, 0.5) is 0 Å². The Labute approximate surface area is 95.7 Å². The summed E-state index contributed by atoms with van der Waals surface area (Å²) in [6.45, 7) is 2.03. The zero-order valence-electron chi connectivity index (χ0n) is 9.53. The van der Waals surface area contributed by atoms with E-state index in [1.54, 1.807) is 0 Å². The number of aliphatic carboxylic acids is 2. The van der Waals surface area contributed by atoms with Gasteiger partial charge in [-0.15, -0.1) is 12.3 Å². The van der Waals surface area contributed by atoms with Gasteiger partial charge >= 0.3 is 11.9 Å². The summed E-state index contributed by atoms with van der Waals surface area (Å²) in [6.07, 6.45) is 8.29. The van der Waals surface area contributed by atoms with Gasteiger partial charge in [0.15, 0.2) is 5.41 Å². The van der Waals surface area contributed by atoms with Crippen molar-refractivity contribution in [1.82, 2.24) is 0 Å². The Morgan fingerprint density at radius 2 is 1.75 bits per heavy atom. The van der Waals surface area contributed by atoms with Crippen molar-refractivity contribution in [1.29, 1.82) is 0 Å². The molecule has 2 N–H and O–H groups in total. The highest BCUT2D eigenvalue weighted by atomic mass is 16.4. The van der Waals surface area contributed by atoms with E-state index in [2.05, 4.69) is 5.92 Å². The minimum absolute atomic E-state index is 0.0991. The molecule has 0 saturated heterocycles. The van der Waals surface area contributed by atoms with E-state index in [-0.39, 0.29) is 12.8 Å². The Balaban J connectivity index is 4.59. The van der Waals surface area contributed by atoms with E-state index < -0.39 is 17.4 Å². The molecule has 0 fully saturated rings. The summed E-state index contributed by atoms with van der Waals surface area (Å²) < 4.78 is 0. The average Bonchev–Trinajstić information content (AvgIpc) is 2.21. The number of unbranched alkanes of at least 4 members (excludes halogenated alkanes) is 3. The van der Waals surface area contributed by atoms with Gasteiger partial charge in [-0.05, 0) is 6.42 Å². The van der Waals surface area contributed by atoms with Gasteiger partial charge in [-0.25, -0.2) is 0 Å². The van der Waals surface area contributed by atoms with Crippen molar-refractivity contribution in [3.8, 4) is 12.3 Å². The van der Waals surface area contributed by atoms with Gasteiger partial charge in [0, 0.05) is 6.42 Å². The summed E-state index contributed by atoms with van der Waals surface area (Å²) in [5.74, 6) is -0.526. The Morgan fingerprint density at radius 1 is 1.19 bits per heavy atom. The maximum absolute atomic E-state index is 11.0. The fraction of sp³-hybridized carbons (Fsp3) is 0.667. The van der Waals surface area contributed by atoms with Crippen LogP contribution in [-0.2, 0) is 9.59 Å². The molecule has 4 nitrogen and oxygen atoms in total. The molecule has 0 aromatic carbocycles. The molecule has 0 rings (SSSR count). The summed E-state index contributed by atoms with van der Waals surface area (Å²) in [4.78, 5) is 22.1. The molecule has 0 spiro atoms. The minimum atomic E-state index is -1.80. The second kappa shape index (κ2) is 6.89. The van der Waals surface area contributed by atoms with Crippen LogP contribution < -0.4 is 0 Å². The molecular weight excluding hydrogens is 208 g/mol. The van der Waals surface area contributed by atoms with Crippen molar-refractivity contribution < 1.29 is 19.8 Å². The first-order valence-corrected chi connectivity index (χ1v) is 5.41. The Morgan fingerprint density at radius 3 is 2.12 bits per heavy atom. The van der Waals surface area contributed by atoms with E-state index in [1.165, 1.54) is 0 Å². The number of carbonyl (C=O) groups is 2. The zero-order valence-corrected chi connectivity index (χ0v) is 9.53. The van der Waals surface area contributed by atoms with Crippen LogP contribution in [0, 0.1) is 17.8 Å². The Bertz CT molecular complexity index is 274. The standard InChI is InChI=1S/C12H18O4/c1-3-5-6-7-9-12(8-4-2,10(13)14)11(15)16/h2H,3,5-9H2,1H3,(H,13,14)(H,15,16).